The van der Waals surface area contributed by atoms with Crippen LogP contribution in [0.1, 0.15) is 50.2 Å². The Morgan fingerprint density at radius 2 is 1.60 bits per heavy atom. The van der Waals surface area contributed by atoms with Gasteiger partial charge >= 0.3 is 12.1 Å². The molecule has 3 rings (SSSR count). The zero-order valence-corrected chi connectivity index (χ0v) is 20.3. The molecule has 0 aliphatic heterocycles. The van der Waals surface area contributed by atoms with Gasteiger partial charge in [-0.2, -0.15) is 0 Å². The van der Waals surface area contributed by atoms with Gasteiger partial charge in [0.25, 0.3) is 0 Å². The lowest BCUT2D eigenvalue weighted by Crippen LogP contribution is -2.27. The second kappa shape index (κ2) is 12.7. The van der Waals surface area contributed by atoms with Gasteiger partial charge in [0.15, 0.2) is 0 Å². The van der Waals surface area contributed by atoms with Gasteiger partial charge in [0, 0.05) is 31.5 Å². The van der Waals surface area contributed by atoms with Crippen molar-refractivity contribution in [3.8, 4) is 11.1 Å². The first-order valence-electron chi connectivity index (χ1n) is 12.1. The van der Waals surface area contributed by atoms with E-state index in [1.807, 2.05) is 24.3 Å². The van der Waals surface area contributed by atoms with Crippen molar-refractivity contribution < 1.29 is 24.2 Å². The van der Waals surface area contributed by atoms with Crippen LogP contribution in [0.3, 0.4) is 0 Å². The van der Waals surface area contributed by atoms with E-state index in [4.69, 9.17) is 9.84 Å². The van der Waals surface area contributed by atoms with Gasteiger partial charge in [0.1, 0.15) is 6.61 Å². The number of carboxylic acids is 1. The van der Waals surface area contributed by atoms with Crippen molar-refractivity contribution in [2.24, 2.45) is 11.8 Å². The van der Waals surface area contributed by atoms with Crippen LogP contribution in [0.5, 0.6) is 0 Å². The molecule has 186 valence electrons. The van der Waals surface area contributed by atoms with Crippen LogP contribution in [0.4, 0.5) is 4.79 Å². The lowest BCUT2D eigenvalue weighted by molar-refractivity contribution is -0.137. The van der Waals surface area contributed by atoms with Crippen LogP contribution in [0.2, 0.25) is 0 Å². The molecule has 0 radical (unpaired) electrons. The predicted molar refractivity (Wildman–Crippen MR) is 135 cm³/mol. The summed E-state index contributed by atoms with van der Waals surface area (Å²) in [6, 6.07) is 16.3. The average Bonchev–Trinajstić information content (AvgIpc) is 3.16. The minimum atomic E-state index is -0.800. The number of benzene rings is 2. The Morgan fingerprint density at radius 1 is 0.971 bits per heavy atom. The van der Waals surface area contributed by atoms with Crippen molar-refractivity contribution in [3.05, 3.63) is 71.8 Å². The van der Waals surface area contributed by atoms with E-state index in [0.29, 0.717) is 18.9 Å². The van der Waals surface area contributed by atoms with Crippen molar-refractivity contribution in [3.63, 3.8) is 0 Å². The third kappa shape index (κ3) is 7.44. The monoisotopic (exact) mass is 478 g/mol. The minimum Gasteiger partial charge on any atom is -0.481 e. The van der Waals surface area contributed by atoms with Crippen LogP contribution in [-0.2, 0) is 14.3 Å². The number of carbonyl (C=O) groups is 3. The lowest BCUT2D eigenvalue weighted by Gasteiger charge is -2.20. The predicted octanol–water partition coefficient (Wildman–Crippen LogP) is 4.72. The van der Waals surface area contributed by atoms with Crippen LogP contribution in [-0.4, -0.2) is 42.8 Å². The molecule has 3 N–H and O–H groups in total. The standard InChI is InChI=1S/C28H34N2O5/c1-19(2)20(13-14-27(32)33)15-17-29-26(31)12-7-16-30-28(34)35-18-25-23-10-5-3-8-21(23)22-9-4-6-11-24(22)25/h3-12,19-20,25H,13-18H2,1-2H3,(H,29,31)(H,30,34)(H,32,33)/b12-7+. The fraction of sp³-hybridized carbons (Fsp3) is 0.393. The van der Waals surface area contributed by atoms with Gasteiger partial charge in [-0.15, -0.1) is 0 Å². The molecule has 0 fully saturated rings. The molecule has 0 bridgehead atoms. The molecular weight excluding hydrogens is 444 g/mol. The van der Waals surface area contributed by atoms with Crippen LogP contribution in [0.25, 0.3) is 11.1 Å². The topological polar surface area (TPSA) is 105 Å². The summed E-state index contributed by atoms with van der Waals surface area (Å²) >= 11 is 0. The van der Waals surface area contributed by atoms with E-state index < -0.39 is 12.1 Å². The summed E-state index contributed by atoms with van der Waals surface area (Å²) in [5.74, 6) is -0.458. The SMILES string of the molecule is CC(C)C(CCNC(=O)/C=C/CNC(=O)OCC1c2ccccc2-c2ccccc21)CCC(=O)O. The Balaban J connectivity index is 1.37. The van der Waals surface area contributed by atoms with E-state index in [2.05, 4.69) is 48.7 Å². The molecule has 1 unspecified atom stereocenters. The molecule has 1 aliphatic rings. The number of amides is 2. The third-order valence-electron chi connectivity index (χ3n) is 6.46. The van der Waals surface area contributed by atoms with Crippen LogP contribution < -0.4 is 10.6 Å². The van der Waals surface area contributed by atoms with Gasteiger partial charge in [0.2, 0.25) is 5.91 Å². The number of carbonyl (C=O) groups excluding carboxylic acids is 2. The molecule has 0 saturated heterocycles. The summed E-state index contributed by atoms with van der Waals surface area (Å²) in [6.45, 7) is 5.01. The zero-order valence-electron chi connectivity index (χ0n) is 20.3. The molecule has 0 spiro atoms. The maximum absolute atomic E-state index is 12.2. The Morgan fingerprint density at radius 3 is 2.20 bits per heavy atom. The fourth-order valence-electron chi connectivity index (χ4n) is 4.52. The highest BCUT2D eigenvalue weighted by molar-refractivity contribution is 5.87. The third-order valence-corrected chi connectivity index (χ3v) is 6.46. The largest absolute Gasteiger partial charge is 0.481 e. The summed E-state index contributed by atoms with van der Waals surface area (Å²) in [4.78, 5) is 35.0. The molecule has 0 heterocycles. The number of carboxylic acid groups (broad SMARTS) is 1. The average molecular weight is 479 g/mol. The molecule has 7 nitrogen and oxygen atoms in total. The number of hydrogen-bond donors (Lipinski definition) is 3. The van der Waals surface area contributed by atoms with Gasteiger partial charge in [-0.25, -0.2) is 4.79 Å². The maximum atomic E-state index is 12.2. The first-order chi connectivity index (χ1) is 16.9. The van der Waals surface area contributed by atoms with Gasteiger partial charge in [-0.3, -0.25) is 9.59 Å². The Kier molecular flexibility index (Phi) is 9.47. The highest BCUT2D eigenvalue weighted by Gasteiger charge is 2.28. The molecule has 2 amide bonds. The molecule has 0 saturated carbocycles. The second-order valence-corrected chi connectivity index (χ2v) is 9.13. The van der Waals surface area contributed by atoms with E-state index in [-0.39, 0.29) is 37.3 Å². The van der Waals surface area contributed by atoms with E-state index in [1.54, 1.807) is 6.08 Å². The van der Waals surface area contributed by atoms with Crippen molar-refractivity contribution >= 4 is 18.0 Å². The number of nitrogens with one attached hydrogen (secondary N) is 2. The molecule has 1 atom stereocenters. The first kappa shape index (κ1) is 26.0. The first-order valence-corrected chi connectivity index (χ1v) is 12.1. The smallest absolute Gasteiger partial charge is 0.407 e. The van der Waals surface area contributed by atoms with E-state index >= 15 is 0 Å². The van der Waals surface area contributed by atoms with E-state index in [1.165, 1.54) is 17.2 Å². The molecule has 7 heteroatoms. The molecule has 0 aromatic heterocycles. The minimum absolute atomic E-state index is 0.000339. The molecular formula is C28H34N2O5. The summed E-state index contributed by atoms with van der Waals surface area (Å²) in [5.41, 5.74) is 4.65. The maximum Gasteiger partial charge on any atom is 0.407 e. The van der Waals surface area contributed by atoms with Crippen molar-refractivity contribution in [2.45, 2.75) is 39.0 Å². The number of hydrogen-bond acceptors (Lipinski definition) is 4. The van der Waals surface area contributed by atoms with Crippen LogP contribution in [0, 0.1) is 11.8 Å². The van der Waals surface area contributed by atoms with Gasteiger partial charge in [-0.1, -0.05) is 68.5 Å². The van der Waals surface area contributed by atoms with Crippen LogP contribution >= 0.6 is 0 Å². The summed E-state index contributed by atoms with van der Waals surface area (Å²) < 4.78 is 5.47. The van der Waals surface area contributed by atoms with E-state index in [0.717, 1.165) is 17.5 Å². The zero-order chi connectivity index (χ0) is 25.2. The normalized spacial score (nSPS) is 13.3. The lowest BCUT2D eigenvalue weighted by atomic mass is 9.88. The highest BCUT2D eigenvalue weighted by Crippen LogP contribution is 2.44. The second-order valence-electron chi connectivity index (χ2n) is 9.13. The highest BCUT2D eigenvalue weighted by atomic mass is 16.5. The fourth-order valence-corrected chi connectivity index (χ4v) is 4.52. The summed E-state index contributed by atoms with van der Waals surface area (Å²) in [7, 11) is 0. The Labute approximate surface area is 206 Å². The van der Waals surface area contributed by atoms with Crippen molar-refractivity contribution in [1.82, 2.24) is 10.6 Å². The Hall–Kier alpha value is -3.61. The number of ether oxygens (including phenoxy) is 1. The number of aliphatic carboxylic acids is 1. The summed E-state index contributed by atoms with van der Waals surface area (Å²) in [6.07, 6.45) is 3.88. The van der Waals surface area contributed by atoms with Gasteiger partial charge in [0.05, 0.1) is 0 Å². The van der Waals surface area contributed by atoms with Crippen LogP contribution in [0.15, 0.2) is 60.7 Å². The molecule has 1 aliphatic carbocycles. The number of fused-ring (bicyclic) bond motifs is 3. The molecule has 2 aromatic carbocycles. The van der Waals surface area contributed by atoms with Crippen molar-refractivity contribution in [2.75, 3.05) is 19.7 Å². The molecule has 2 aromatic rings. The summed E-state index contributed by atoms with van der Waals surface area (Å²) in [5, 5.41) is 14.3. The van der Waals surface area contributed by atoms with Gasteiger partial charge < -0.3 is 20.5 Å². The van der Waals surface area contributed by atoms with Gasteiger partial charge in [-0.05, 0) is 46.9 Å². The number of alkyl carbamates (subject to hydrolysis) is 1. The van der Waals surface area contributed by atoms with Crippen molar-refractivity contribution in [1.29, 1.82) is 0 Å². The van der Waals surface area contributed by atoms with E-state index in [9.17, 15) is 14.4 Å². The Bertz CT molecular complexity index is 1020. The molecule has 35 heavy (non-hydrogen) atoms. The quantitative estimate of drug-likeness (QED) is 0.383. The number of rotatable bonds is 12.